The molecule has 0 saturated heterocycles. The highest BCUT2D eigenvalue weighted by molar-refractivity contribution is 7.89. The largest absolute Gasteiger partial charge is 0.452 e. The summed E-state index contributed by atoms with van der Waals surface area (Å²) in [5.41, 5.74) is 0.0883. The van der Waals surface area contributed by atoms with Crippen molar-refractivity contribution in [2.75, 3.05) is 20.7 Å². The number of carbonyl (C=O) groups is 2. The zero-order valence-corrected chi connectivity index (χ0v) is 17.1. The molecule has 150 valence electrons. The summed E-state index contributed by atoms with van der Waals surface area (Å²) in [5, 5.41) is 2.94. The molecule has 0 aromatic heterocycles. The van der Waals surface area contributed by atoms with Gasteiger partial charge < -0.3 is 10.1 Å². The van der Waals surface area contributed by atoms with Gasteiger partial charge in [-0.25, -0.2) is 17.5 Å². The molecule has 27 heavy (non-hydrogen) atoms. The second-order valence-electron chi connectivity index (χ2n) is 7.33. The maximum Gasteiger partial charge on any atom is 0.338 e. The van der Waals surface area contributed by atoms with Gasteiger partial charge in [0.2, 0.25) is 10.0 Å². The Balaban J connectivity index is 1.95. The van der Waals surface area contributed by atoms with Gasteiger partial charge in [0.15, 0.2) is 6.61 Å². The summed E-state index contributed by atoms with van der Waals surface area (Å²) in [6.07, 6.45) is 3.16. The van der Waals surface area contributed by atoms with E-state index in [-0.39, 0.29) is 29.0 Å². The van der Waals surface area contributed by atoms with E-state index in [0.717, 1.165) is 23.6 Å². The maximum atomic E-state index is 12.2. The molecule has 0 unspecified atom stereocenters. The molecular formula is C19H28N2O5S. The topological polar surface area (TPSA) is 92.8 Å². The first-order valence-corrected chi connectivity index (χ1v) is 10.6. The van der Waals surface area contributed by atoms with Gasteiger partial charge in [-0.05, 0) is 36.5 Å². The average molecular weight is 397 g/mol. The predicted octanol–water partition coefficient (Wildman–Crippen LogP) is 2.03. The van der Waals surface area contributed by atoms with Crippen molar-refractivity contribution in [3.8, 4) is 0 Å². The van der Waals surface area contributed by atoms with Crippen LogP contribution in [0.25, 0.3) is 0 Å². The summed E-state index contributed by atoms with van der Waals surface area (Å²) < 4.78 is 30.5. The number of sulfonamides is 1. The Morgan fingerprint density at radius 1 is 1.22 bits per heavy atom. The highest BCUT2D eigenvalue weighted by Crippen LogP contribution is 2.29. The monoisotopic (exact) mass is 396 g/mol. The normalized spacial score (nSPS) is 23.1. The second kappa shape index (κ2) is 8.84. The Labute approximate surface area is 161 Å². The molecule has 0 radical (unpaired) electrons. The molecule has 1 aromatic carbocycles. The SMILES string of the molecule is C[C@H]1[C@H](C)CCC[C@H]1NC(=O)COC(=O)c1cccc(S(=O)(=O)N(C)C)c1. The lowest BCUT2D eigenvalue weighted by molar-refractivity contribution is -0.125. The smallest absolute Gasteiger partial charge is 0.338 e. The number of ether oxygens (including phenoxy) is 1. The molecular weight excluding hydrogens is 368 g/mol. The first kappa shape index (κ1) is 21.4. The van der Waals surface area contributed by atoms with E-state index in [2.05, 4.69) is 19.2 Å². The van der Waals surface area contributed by atoms with Gasteiger partial charge in [-0.15, -0.1) is 0 Å². The van der Waals surface area contributed by atoms with Crippen molar-refractivity contribution < 1.29 is 22.7 Å². The number of carbonyl (C=O) groups excluding carboxylic acids is 2. The lowest BCUT2D eigenvalue weighted by atomic mass is 9.78. The molecule has 7 nitrogen and oxygen atoms in total. The van der Waals surface area contributed by atoms with Gasteiger partial charge >= 0.3 is 5.97 Å². The van der Waals surface area contributed by atoms with Crippen LogP contribution in [-0.2, 0) is 19.6 Å². The molecule has 1 aromatic rings. The molecule has 0 spiro atoms. The standard InChI is InChI=1S/C19H28N2O5S/c1-13-7-5-10-17(14(13)2)20-18(22)12-26-19(23)15-8-6-9-16(11-15)27(24,25)21(3)4/h6,8-9,11,13-14,17H,5,7,10,12H2,1-4H3,(H,20,22)/t13-,14+,17-/m1/s1. The van der Waals surface area contributed by atoms with Crippen LogP contribution in [0.3, 0.4) is 0 Å². The van der Waals surface area contributed by atoms with Gasteiger partial charge in [0.25, 0.3) is 5.91 Å². The van der Waals surface area contributed by atoms with Crippen LogP contribution in [-0.4, -0.2) is 51.3 Å². The fourth-order valence-corrected chi connectivity index (χ4v) is 4.19. The molecule has 0 bridgehead atoms. The Morgan fingerprint density at radius 2 is 1.93 bits per heavy atom. The number of amides is 1. The van der Waals surface area contributed by atoms with Crippen molar-refractivity contribution in [2.24, 2.45) is 11.8 Å². The third kappa shape index (κ3) is 5.29. The summed E-state index contributed by atoms with van der Waals surface area (Å²) in [5.74, 6) is -0.142. The summed E-state index contributed by atoms with van der Waals surface area (Å²) in [7, 11) is -0.820. The second-order valence-corrected chi connectivity index (χ2v) is 9.48. The zero-order chi connectivity index (χ0) is 20.2. The lowest BCUT2D eigenvalue weighted by Crippen LogP contribution is -2.45. The van der Waals surface area contributed by atoms with E-state index >= 15 is 0 Å². The number of hydrogen-bond acceptors (Lipinski definition) is 5. The van der Waals surface area contributed by atoms with Crippen molar-refractivity contribution in [2.45, 2.75) is 44.0 Å². The molecule has 1 N–H and O–H groups in total. The summed E-state index contributed by atoms with van der Waals surface area (Å²) >= 11 is 0. The average Bonchev–Trinajstić information content (AvgIpc) is 2.63. The van der Waals surface area contributed by atoms with Crippen LogP contribution in [0.1, 0.15) is 43.5 Å². The molecule has 2 rings (SSSR count). The molecule has 1 amide bonds. The molecule has 1 aliphatic rings. The van der Waals surface area contributed by atoms with Gasteiger partial charge in [-0.2, -0.15) is 0 Å². The van der Waals surface area contributed by atoms with Crippen molar-refractivity contribution in [1.29, 1.82) is 0 Å². The van der Waals surface area contributed by atoms with Crippen LogP contribution < -0.4 is 5.32 Å². The molecule has 3 atom stereocenters. The van der Waals surface area contributed by atoms with Crippen LogP contribution in [0.15, 0.2) is 29.2 Å². The number of hydrogen-bond donors (Lipinski definition) is 1. The van der Waals surface area contributed by atoms with Crippen LogP contribution in [0.4, 0.5) is 0 Å². The minimum absolute atomic E-state index is 0.00332. The highest BCUT2D eigenvalue weighted by atomic mass is 32.2. The Morgan fingerprint density at radius 3 is 2.59 bits per heavy atom. The first-order valence-electron chi connectivity index (χ1n) is 9.12. The van der Waals surface area contributed by atoms with Gasteiger partial charge in [-0.3, -0.25) is 4.79 Å². The minimum atomic E-state index is -3.65. The molecule has 1 aliphatic carbocycles. The van der Waals surface area contributed by atoms with Crippen molar-refractivity contribution in [1.82, 2.24) is 9.62 Å². The Hall–Kier alpha value is -1.93. The van der Waals surface area contributed by atoms with E-state index < -0.39 is 16.0 Å². The van der Waals surface area contributed by atoms with Gasteiger partial charge in [-0.1, -0.05) is 32.8 Å². The minimum Gasteiger partial charge on any atom is -0.452 e. The zero-order valence-electron chi connectivity index (χ0n) is 16.3. The lowest BCUT2D eigenvalue weighted by Gasteiger charge is -2.34. The van der Waals surface area contributed by atoms with E-state index in [1.807, 2.05) is 0 Å². The van der Waals surface area contributed by atoms with Crippen molar-refractivity contribution in [3.05, 3.63) is 29.8 Å². The number of nitrogens with one attached hydrogen (secondary N) is 1. The van der Waals surface area contributed by atoms with E-state index in [0.29, 0.717) is 11.8 Å². The van der Waals surface area contributed by atoms with Crippen LogP contribution in [0.2, 0.25) is 0 Å². The van der Waals surface area contributed by atoms with Gasteiger partial charge in [0, 0.05) is 20.1 Å². The molecule has 1 fully saturated rings. The van der Waals surface area contributed by atoms with E-state index in [4.69, 9.17) is 4.74 Å². The quantitative estimate of drug-likeness (QED) is 0.743. The summed E-state index contributed by atoms with van der Waals surface area (Å²) in [4.78, 5) is 24.3. The van der Waals surface area contributed by atoms with Crippen LogP contribution >= 0.6 is 0 Å². The molecule has 0 heterocycles. The Kier molecular flexibility index (Phi) is 7.00. The van der Waals surface area contributed by atoms with E-state index in [9.17, 15) is 18.0 Å². The third-order valence-electron chi connectivity index (χ3n) is 5.24. The number of esters is 1. The maximum absolute atomic E-state index is 12.2. The van der Waals surface area contributed by atoms with Crippen molar-refractivity contribution in [3.63, 3.8) is 0 Å². The molecule has 0 aliphatic heterocycles. The Bertz CT molecular complexity index is 791. The van der Waals surface area contributed by atoms with Crippen LogP contribution in [0, 0.1) is 11.8 Å². The van der Waals surface area contributed by atoms with Gasteiger partial charge in [0.05, 0.1) is 10.5 Å². The summed E-state index contributed by atoms with van der Waals surface area (Å²) in [6, 6.07) is 5.68. The first-order chi connectivity index (χ1) is 12.6. The van der Waals surface area contributed by atoms with Crippen LogP contribution in [0.5, 0.6) is 0 Å². The molecule has 1 saturated carbocycles. The van der Waals surface area contributed by atoms with E-state index in [1.165, 1.54) is 38.4 Å². The third-order valence-corrected chi connectivity index (χ3v) is 7.05. The summed E-state index contributed by atoms with van der Waals surface area (Å²) in [6.45, 7) is 3.91. The predicted molar refractivity (Wildman–Crippen MR) is 102 cm³/mol. The number of benzene rings is 1. The van der Waals surface area contributed by atoms with Crippen molar-refractivity contribution >= 4 is 21.9 Å². The fraction of sp³-hybridized carbons (Fsp3) is 0.579. The number of rotatable bonds is 6. The highest BCUT2D eigenvalue weighted by Gasteiger charge is 2.28. The number of nitrogens with zero attached hydrogens (tertiary/aromatic N) is 1. The molecule has 8 heteroatoms. The van der Waals surface area contributed by atoms with Gasteiger partial charge in [0.1, 0.15) is 0 Å². The fourth-order valence-electron chi connectivity index (χ4n) is 3.24. The van der Waals surface area contributed by atoms with E-state index in [1.54, 1.807) is 0 Å².